The molecule has 1 saturated heterocycles. The van der Waals surface area contributed by atoms with Crippen molar-refractivity contribution in [3.8, 4) is 0 Å². The summed E-state index contributed by atoms with van der Waals surface area (Å²) >= 11 is 6.27. The number of alkyl halides is 2. The van der Waals surface area contributed by atoms with Crippen LogP contribution in [0.15, 0.2) is 60.7 Å². The molecular formula is C32H32ClF2NO2. The number of carboxylic acids is 1. The van der Waals surface area contributed by atoms with Crippen LogP contribution < -0.4 is 0 Å². The average Bonchev–Trinajstić information content (AvgIpc) is 3.07. The summed E-state index contributed by atoms with van der Waals surface area (Å²) in [4.78, 5) is 13.8. The molecule has 1 N–H and O–H groups in total. The maximum atomic E-state index is 15.3. The summed E-state index contributed by atoms with van der Waals surface area (Å²) in [5.41, 5.74) is 8.40. The van der Waals surface area contributed by atoms with Gasteiger partial charge in [0, 0.05) is 30.6 Å². The number of aryl methyl sites for hydroxylation is 2. The van der Waals surface area contributed by atoms with Crippen LogP contribution >= 0.6 is 11.6 Å². The molecule has 6 heteroatoms. The van der Waals surface area contributed by atoms with Gasteiger partial charge >= 0.3 is 5.97 Å². The van der Waals surface area contributed by atoms with Crippen LogP contribution in [0.1, 0.15) is 69.2 Å². The molecule has 0 saturated carbocycles. The van der Waals surface area contributed by atoms with Gasteiger partial charge in [-0.15, -0.1) is 0 Å². The Morgan fingerprint density at radius 1 is 1.05 bits per heavy atom. The van der Waals surface area contributed by atoms with E-state index in [4.69, 9.17) is 11.6 Å². The molecule has 38 heavy (non-hydrogen) atoms. The highest BCUT2D eigenvalue weighted by atomic mass is 35.5. The SMILES string of the molecule is Cc1cc(Cl)ccc1C1=C(c2ccc(C(F)C3CN(CCCF)C3)cc2)c2ccc(C(=O)O)cc2CCC1. The summed E-state index contributed by atoms with van der Waals surface area (Å²) in [5.74, 6) is -1.01. The summed E-state index contributed by atoms with van der Waals surface area (Å²) in [6, 6.07) is 19.0. The molecular weight excluding hydrogens is 504 g/mol. The monoisotopic (exact) mass is 535 g/mol. The van der Waals surface area contributed by atoms with E-state index in [2.05, 4.69) is 17.9 Å². The third kappa shape index (κ3) is 5.41. The predicted octanol–water partition coefficient (Wildman–Crippen LogP) is 7.94. The van der Waals surface area contributed by atoms with E-state index in [1.165, 1.54) is 5.57 Å². The van der Waals surface area contributed by atoms with Gasteiger partial charge in [0.25, 0.3) is 0 Å². The summed E-state index contributed by atoms with van der Waals surface area (Å²) in [7, 11) is 0. The van der Waals surface area contributed by atoms with E-state index in [0.717, 1.165) is 52.7 Å². The van der Waals surface area contributed by atoms with Gasteiger partial charge in [-0.3, -0.25) is 4.39 Å². The van der Waals surface area contributed by atoms with Gasteiger partial charge in [-0.1, -0.05) is 48.0 Å². The first kappa shape index (κ1) is 26.6. The van der Waals surface area contributed by atoms with Crippen LogP contribution in [0.25, 0.3) is 11.1 Å². The minimum absolute atomic E-state index is 0.0694. The normalized spacial score (nSPS) is 17.1. The molecule has 0 bridgehead atoms. The van der Waals surface area contributed by atoms with Gasteiger partial charge in [0.1, 0.15) is 6.17 Å². The highest BCUT2D eigenvalue weighted by Gasteiger charge is 2.34. The smallest absolute Gasteiger partial charge is 0.335 e. The number of hydrogen-bond donors (Lipinski definition) is 1. The van der Waals surface area contributed by atoms with Crippen LogP contribution in [0.4, 0.5) is 8.78 Å². The lowest BCUT2D eigenvalue weighted by Gasteiger charge is -2.41. The highest BCUT2D eigenvalue weighted by Crippen LogP contribution is 2.42. The van der Waals surface area contributed by atoms with Gasteiger partial charge in [0.2, 0.25) is 0 Å². The van der Waals surface area contributed by atoms with Crippen LogP contribution in [0.2, 0.25) is 5.02 Å². The van der Waals surface area contributed by atoms with Crippen molar-refractivity contribution in [3.63, 3.8) is 0 Å². The summed E-state index contributed by atoms with van der Waals surface area (Å²) in [5, 5.41) is 10.2. The van der Waals surface area contributed by atoms with Crippen molar-refractivity contribution in [1.29, 1.82) is 0 Å². The fourth-order valence-electron chi connectivity index (χ4n) is 5.85. The Bertz CT molecular complexity index is 1360. The first-order chi connectivity index (χ1) is 18.4. The number of halogens is 3. The Hall–Kier alpha value is -3.02. The molecule has 2 aliphatic rings. The van der Waals surface area contributed by atoms with E-state index in [0.29, 0.717) is 36.6 Å². The fraction of sp³-hybridized carbons (Fsp3) is 0.344. The van der Waals surface area contributed by atoms with Crippen molar-refractivity contribution in [2.24, 2.45) is 5.92 Å². The topological polar surface area (TPSA) is 40.5 Å². The predicted molar refractivity (Wildman–Crippen MR) is 149 cm³/mol. The van der Waals surface area contributed by atoms with E-state index >= 15 is 4.39 Å². The van der Waals surface area contributed by atoms with Crippen molar-refractivity contribution in [2.45, 2.75) is 38.8 Å². The standard InChI is InChI=1S/C32H32ClF2NO2/c1-20-16-26(33)11-13-27(20)29-5-2-4-23-17-24(32(37)38)10-12-28(23)30(29)21-6-8-22(9-7-21)31(35)25-18-36(19-25)15-3-14-34/h6-13,16-17,25,31H,2-5,14-15,18-19H2,1H3,(H,37,38). The molecule has 0 amide bonds. The maximum Gasteiger partial charge on any atom is 0.335 e. The fourth-order valence-corrected chi connectivity index (χ4v) is 6.08. The number of likely N-dealkylation sites (tertiary alicyclic amines) is 1. The molecule has 198 valence electrons. The highest BCUT2D eigenvalue weighted by molar-refractivity contribution is 6.30. The van der Waals surface area contributed by atoms with Crippen LogP contribution in [-0.4, -0.2) is 42.3 Å². The summed E-state index contributed by atoms with van der Waals surface area (Å²) in [6.07, 6.45) is 1.94. The first-order valence-corrected chi connectivity index (χ1v) is 13.6. The quantitative estimate of drug-likeness (QED) is 0.318. The number of benzene rings is 3. The third-order valence-electron chi connectivity index (χ3n) is 7.83. The molecule has 3 aromatic carbocycles. The lowest BCUT2D eigenvalue weighted by Crippen LogP contribution is -2.48. The van der Waals surface area contributed by atoms with Gasteiger partial charge in [0.05, 0.1) is 12.2 Å². The van der Waals surface area contributed by atoms with E-state index in [1.54, 1.807) is 12.1 Å². The average molecular weight is 536 g/mol. The van der Waals surface area contributed by atoms with Gasteiger partial charge in [0.15, 0.2) is 0 Å². The maximum absolute atomic E-state index is 15.3. The Morgan fingerprint density at radius 2 is 1.79 bits per heavy atom. The zero-order valence-corrected chi connectivity index (χ0v) is 22.3. The van der Waals surface area contributed by atoms with E-state index < -0.39 is 12.1 Å². The second-order valence-electron chi connectivity index (χ2n) is 10.4. The second kappa shape index (κ2) is 11.4. The van der Waals surface area contributed by atoms with E-state index in [1.807, 2.05) is 42.5 Å². The Morgan fingerprint density at radius 3 is 2.47 bits per heavy atom. The molecule has 1 aliphatic heterocycles. The molecule has 0 radical (unpaired) electrons. The Balaban J connectivity index is 1.53. The van der Waals surface area contributed by atoms with Crippen molar-refractivity contribution in [2.75, 3.05) is 26.3 Å². The zero-order chi connectivity index (χ0) is 26.8. The molecule has 1 aliphatic carbocycles. The zero-order valence-electron chi connectivity index (χ0n) is 21.5. The molecule has 1 heterocycles. The number of rotatable bonds is 8. The van der Waals surface area contributed by atoms with Crippen molar-refractivity contribution in [3.05, 3.63) is 105 Å². The summed E-state index contributed by atoms with van der Waals surface area (Å²) < 4.78 is 27.8. The number of allylic oxidation sites excluding steroid dienone is 1. The molecule has 0 spiro atoms. The molecule has 1 atom stereocenters. The molecule has 3 aromatic rings. The van der Waals surface area contributed by atoms with Crippen LogP contribution in [-0.2, 0) is 6.42 Å². The number of carboxylic acid groups (broad SMARTS) is 1. The van der Waals surface area contributed by atoms with Crippen molar-refractivity contribution in [1.82, 2.24) is 4.90 Å². The van der Waals surface area contributed by atoms with E-state index in [9.17, 15) is 14.3 Å². The minimum Gasteiger partial charge on any atom is -0.478 e. The molecule has 0 aromatic heterocycles. The van der Waals surface area contributed by atoms with E-state index in [-0.39, 0.29) is 18.2 Å². The molecule has 5 rings (SSSR count). The Kier molecular flexibility index (Phi) is 7.96. The van der Waals surface area contributed by atoms with Crippen molar-refractivity contribution < 1.29 is 18.7 Å². The second-order valence-corrected chi connectivity index (χ2v) is 10.9. The number of nitrogens with zero attached hydrogens (tertiary/aromatic N) is 1. The van der Waals surface area contributed by atoms with Gasteiger partial charge in [-0.25, -0.2) is 9.18 Å². The van der Waals surface area contributed by atoms with Gasteiger partial charge in [-0.2, -0.15) is 0 Å². The number of carbonyl (C=O) groups is 1. The molecule has 1 fully saturated rings. The third-order valence-corrected chi connectivity index (χ3v) is 8.07. The van der Waals surface area contributed by atoms with Crippen LogP contribution in [0.5, 0.6) is 0 Å². The largest absolute Gasteiger partial charge is 0.478 e. The van der Waals surface area contributed by atoms with Gasteiger partial charge < -0.3 is 10.0 Å². The van der Waals surface area contributed by atoms with Crippen LogP contribution in [0.3, 0.4) is 0 Å². The van der Waals surface area contributed by atoms with Gasteiger partial charge in [-0.05, 0) is 101 Å². The Labute approximate surface area is 227 Å². The number of fused-ring (bicyclic) bond motifs is 1. The molecule has 1 unspecified atom stereocenters. The molecule has 3 nitrogen and oxygen atoms in total. The lowest BCUT2D eigenvalue weighted by molar-refractivity contribution is 0.0364. The first-order valence-electron chi connectivity index (χ1n) is 13.2. The van der Waals surface area contributed by atoms with Crippen molar-refractivity contribution >= 4 is 28.7 Å². The lowest BCUT2D eigenvalue weighted by atomic mass is 9.85. The number of aromatic carboxylic acids is 1. The van der Waals surface area contributed by atoms with Crippen LogP contribution in [0, 0.1) is 12.8 Å². The number of hydrogen-bond acceptors (Lipinski definition) is 2. The summed E-state index contributed by atoms with van der Waals surface area (Å²) in [6.45, 7) is 3.72. The minimum atomic E-state index is -1.06.